The summed E-state index contributed by atoms with van der Waals surface area (Å²) in [6.07, 6.45) is 0. The van der Waals surface area contributed by atoms with E-state index in [2.05, 4.69) is 11.8 Å². The topological polar surface area (TPSA) is 23.5 Å². The summed E-state index contributed by atoms with van der Waals surface area (Å²) in [5, 5.41) is 10.5. The molecule has 4 heteroatoms. The minimum absolute atomic E-state index is 0.00352. The fourth-order valence-corrected chi connectivity index (χ4v) is 2.57. The fourth-order valence-electron chi connectivity index (χ4n) is 2.11. The number of nitrogens with zero attached hydrogens (tertiary/aromatic N) is 1. The summed E-state index contributed by atoms with van der Waals surface area (Å²) in [4.78, 5) is 2.10. The lowest BCUT2D eigenvalue weighted by molar-refractivity contribution is 0.282. The summed E-state index contributed by atoms with van der Waals surface area (Å²) in [6, 6.07) is 13.6. The van der Waals surface area contributed by atoms with Crippen molar-refractivity contribution in [2.45, 2.75) is 19.6 Å². The molecule has 0 aliphatic rings. The molecule has 0 saturated heterocycles. The van der Waals surface area contributed by atoms with Crippen LogP contribution in [0.25, 0.3) is 0 Å². The van der Waals surface area contributed by atoms with Gasteiger partial charge >= 0.3 is 0 Å². The van der Waals surface area contributed by atoms with Gasteiger partial charge in [-0.15, -0.1) is 0 Å². The van der Waals surface area contributed by atoms with Gasteiger partial charge < -0.3 is 10.0 Å². The van der Waals surface area contributed by atoms with Gasteiger partial charge in [0.05, 0.1) is 23.4 Å². The molecule has 0 radical (unpaired) electrons. The van der Waals surface area contributed by atoms with Crippen LogP contribution >= 0.6 is 23.2 Å². The van der Waals surface area contributed by atoms with E-state index in [0.29, 0.717) is 5.02 Å². The Balaban J connectivity index is 2.26. The Hall–Kier alpha value is -1.22. The third kappa shape index (κ3) is 3.26. The van der Waals surface area contributed by atoms with Crippen LogP contribution in [0.1, 0.15) is 24.1 Å². The van der Waals surface area contributed by atoms with Crippen molar-refractivity contribution >= 4 is 28.9 Å². The first-order valence-electron chi connectivity index (χ1n) is 6.40. The van der Waals surface area contributed by atoms with Gasteiger partial charge in [-0.1, -0.05) is 41.4 Å². The van der Waals surface area contributed by atoms with Gasteiger partial charge in [0.1, 0.15) is 0 Å². The van der Waals surface area contributed by atoms with E-state index in [1.165, 1.54) is 5.56 Å². The van der Waals surface area contributed by atoms with E-state index in [1.807, 2.05) is 43.4 Å². The predicted molar refractivity (Wildman–Crippen MR) is 85.6 cm³/mol. The molecule has 2 rings (SSSR count). The maximum Gasteiger partial charge on any atom is 0.0682 e. The normalized spacial score (nSPS) is 12.2. The molecule has 1 unspecified atom stereocenters. The second-order valence-corrected chi connectivity index (χ2v) is 5.63. The minimum Gasteiger partial charge on any atom is -0.392 e. The molecule has 2 aromatic carbocycles. The van der Waals surface area contributed by atoms with Crippen LogP contribution in [0.3, 0.4) is 0 Å². The van der Waals surface area contributed by atoms with Crippen molar-refractivity contribution in [3.63, 3.8) is 0 Å². The van der Waals surface area contributed by atoms with Crippen molar-refractivity contribution < 1.29 is 5.11 Å². The van der Waals surface area contributed by atoms with E-state index >= 15 is 0 Å². The number of anilines is 1. The molecule has 0 aliphatic heterocycles. The van der Waals surface area contributed by atoms with Crippen molar-refractivity contribution in [1.82, 2.24) is 0 Å². The van der Waals surface area contributed by atoms with Crippen LogP contribution < -0.4 is 4.90 Å². The van der Waals surface area contributed by atoms with Gasteiger partial charge in [-0.3, -0.25) is 0 Å². The second kappa shape index (κ2) is 6.49. The molecule has 2 nitrogen and oxygen atoms in total. The number of hydrogen-bond acceptors (Lipinski definition) is 2. The molecule has 0 aliphatic carbocycles. The molecular weight excluding hydrogens is 293 g/mol. The maximum absolute atomic E-state index is 9.12. The number of benzene rings is 2. The van der Waals surface area contributed by atoms with Crippen LogP contribution in [0.4, 0.5) is 5.69 Å². The van der Waals surface area contributed by atoms with E-state index in [1.54, 1.807) is 6.07 Å². The first-order chi connectivity index (χ1) is 9.52. The zero-order valence-electron chi connectivity index (χ0n) is 11.5. The van der Waals surface area contributed by atoms with Crippen LogP contribution in [-0.4, -0.2) is 12.2 Å². The first kappa shape index (κ1) is 15.2. The number of hydrogen-bond donors (Lipinski definition) is 1. The molecule has 1 N–H and O–H groups in total. The van der Waals surface area contributed by atoms with Gasteiger partial charge in [-0.05, 0) is 42.3 Å². The number of rotatable bonds is 4. The summed E-state index contributed by atoms with van der Waals surface area (Å²) in [5.41, 5.74) is 2.91. The van der Waals surface area contributed by atoms with Gasteiger partial charge in [-0.2, -0.15) is 0 Å². The molecule has 0 bridgehead atoms. The smallest absolute Gasteiger partial charge is 0.0682 e. The van der Waals surface area contributed by atoms with Gasteiger partial charge in [0.25, 0.3) is 0 Å². The lowest BCUT2D eigenvalue weighted by Crippen LogP contribution is -2.21. The van der Waals surface area contributed by atoms with E-state index in [0.717, 1.165) is 16.3 Å². The Morgan fingerprint density at radius 1 is 1.10 bits per heavy atom. The highest BCUT2D eigenvalue weighted by molar-refractivity contribution is 6.33. The highest BCUT2D eigenvalue weighted by Crippen LogP contribution is 2.32. The standard InChI is InChI=1S/C16H17Cl2NO/c1-11(13-4-6-14(17)7-5-13)19(2)16-8-3-12(10-20)9-15(16)18/h3-9,11,20H,10H2,1-2H3. The zero-order chi connectivity index (χ0) is 14.7. The minimum atomic E-state index is -0.00352. The predicted octanol–water partition coefficient (Wildman–Crippen LogP) is 4.68. The average Bonchev–Trinajstić information content (AvgIpc) is 2.46. The molecule has 0 amide bonds. The molecule has 106 valence electrons. The number of halogens is 2. The fraction of sp³-hybridized carbons (Fsp3) is 0.250. The Kier molecular flexibility index (Phi) is 4.92. The monoisotopic (exact) mass is 309 g/mol. The Bertz CT molecular complexity index is 584. The molecule has 1 atom stereocenters. The summed E-state index contributed by atoms with van der Waals surface area (Å²) < 4.78 is 0. The van der Waals surface area contributed by atoms with Crippen molar-refractivity contribution in [2.75, 3.05) is 11.9 Å². The van der Waals surface area contributed by atoms with E-state index in [4.69, 9.17) is 28.3 Å². The highest BCUT2D eigenvalue weighted by atomic mass is 35.5. The summed E-state index contributed by atoms with van der Waals surface area (Å²) >= 11 is 12.2. The van der Waals surface area contributed by atoms with E-state index < -0.39 is 0 Å². The van der Waals surface area contributed by atoms with Crippen LogP contribution in [0.15, 0.2) is 42.5 Å². The molecule has 0 fully saturated rings. The van der Waals surface area contributed by atoms with E-state index in [9.17, 15) is 0 Å². The molecule has 2 aromatic rings. The van der Waals surface area contributed by atoms with Gasteiger partial charge in [0.2, 0.25) is 0 Å². The Morgan fingerprint density at radius 3 is 2.30 bits per heavy atom. The number of aliphatic hydroxyl groups excluding tert-OH is 1. The SMILES string of the molecule is CC(c1ccc(Cl)cc1)N(C)c1ccc(CO)cc1Cl. The van der Waals surface area contributed by atoms with Crippen LogP contribution in [0.2, 0.25) is 10.0 Å². The Morgan fingerprint density at radius 2 is 1.75 bits per heavy atom. The lowest BCUT2D eigenvalue weighted by atomic mass is 10.1. The van der Waals surface area contributed by atoms with Crippen molar-refractivity contribution in [2.24, 2.45) is 0 Å². The second-order valence-electron chi connectivity index (χ2n) is 4.78. The van der Waals surface area contributed by atoms with Crippen molar-refractivity contribution in [3.8, 4) is 0 Å². The largest absolute Gasteiger partial charge is 0.392 e. The number of aliphatic hydroxyl groups is 1. The first-order valence-corrected chi connectivity index (χ1v) is 7.16. The third-order valence-corrected chi connectivity index (χ3v) is 4.06. The molecule has 20 heavy (non-hydrogen) atoms. The molecule has 0 aromatic heterocycles. The zero-order valence-corrected chi connectivity index (χ0v) is 13.0. The van der Waals surface area contributed by atoms with Gasteiger partial charge in [0.15, 0.2) is 0 Å². The van der Waals surface area contributed by atoms with Crippen LogP contribution in [0, 0.1) is 0 Å². The lowest BCUT2D eigenvalue weighted by Gasteiger charge is -2.28. The highest BCUT2D eigenvalue weighted by Gasteiger charge is 2.15. The summed E-state index contributed by atoms with van der Waals surface area (Å²) in [7, 11) is 2.00. The molecule has 0 heterocycles. The van der Waals surface area contributed by atoms with Crippen LogP contribution in [-0.2, 0) is 6.61 Å². The maximum atomic E-state index is 9.12. The van der Waals surface area contributed by atoms with Gasteiger partial charge in [-0.25, -0.2) is 0 Å². The summed E-state index contributed by atoms with van der Waals surface area (Å²) in [6.45, 7) is 2.11. The van der Waals surface area contributed by atoms with Crippen LogP contribution in [0.5, 0.6) is 0 Å². The Labute approximate surface area is 129 Å². The molecule has 0 saturated carbocycles. The van der Waals surface area contributed by atoms with Gasteiger partial charge in [0, 0.05) is 12.1 Å². The molecule has 0 spiro atoms. The van der Waals surface area contributed by atoms with Crippen molar-refractivity contribution in [3.05, 3.63) is 63.6 Å². The van der Waals surface area contributed by atoms with E-state index in [-0.39, 0.29) is 12.6 Å². The molecular formula is C16H17Cl2NO. The average molecular weight is 310 g/mol. The third-order valence-electron chi connectivity index (χ3n) is 3.51. The quantitative estimate of drug-likeness (QED) is 0.886. The summed E-state index contributed by atoms with van der Waals surface area (Å²) in [5.74, 6) is 0. The van der Waals surface area contributed by atoms with Crippen molar-refractivity contribution in [1.29, 1.82) is 0 Å².